The van der Waals surface area contributed by atoms with Gasteiger partial charge in [-0.2, -0.15) is 11.8 Å². The maximum atomic E-state index is 13.6. The Morgan fingerprint density at radius 3 is 2.61 bits per heavy atom. The van der Waals surface area contributed by atoms with E-state index in [0.717, 1.165) is 50.0 Å². The highest BCUT2D eigenvalue weighted by Gasteiger charge is 2.28. The second kappa shape index (κ2) is 14.4. The van der Waals surface area contributed by atoms with E-state index in [9.17, 15) is 13.6 Å². The van der Waals surface area contributed by atoms with Crippen molar-refractivity contribution in [3.63, 3.8) is 0 Å². The second-order valence-corrected chi connectivity index (χ2v) is 7.63. The molecule has 1 aromatic rings. The minimum atomic E-state index is -0.840. The first kappa shape index (κ1) is 27.4. The van der Waals surface area contributed by atoms with E-state index in [1.807, 2.05) is 0 Å². The zero-order valence-electron chi connectivity index (χ0n) is 16.4. The van der Waals surface area contributed by atoms with Gasteiger partial charge in [0.05, 0.1) is 5.75 Å². The van der Waals surface area contributed by atoms with E-state index >= 15 is 0 Å². The average Bonchev–Trinajstić information content (AvgIpc) is 2.64. The van der Waals surface area contributed by atoms with E-state index in [0.29, 0.717) is 12.3 Å². The number of thioether (sulfide) groups is 1. The third kappa shape index (κ3) is 8.41. The summed E-state index contributed by atoms with van der Waals surface area (Å²) >= 11 is 1.63. The number of halogens is 4. The van der Waals surface area contributed by atoms with Crippen molar-refractivity contribution in [1.29, 1.82) is 0 Å². The molecule has 2 atom stereocenters. The standard InChI is InChI=1S/C19H29F2N3OS.2ClH/c1-3-24(4-2)9-10-26-13-19(25)23-18-12-22-8-7-15(18)14-5-6-16(20)17(21)11-14;;/h5-6,11,15,18,22H,3-4,7-10,12-13H2,1-2H3,(H,23,25);2*1H. The smallest absolute Gasteiger partial charge is 0.230 e. The van der Waals surface area contributed by atoms with Crippen LogP contribution in [-0.4, -0.2) is 61.1 Å². The van der Waals surface area contributed by atoms with Crippen molar-refractivity contribution in [2.45, 2.75) is 32.2 Å². The van der Waals surface area contributed by atoms with Gasteiger partial charge in [0.1, 0.15) is 0 Å². The molecule has 1 heterocycles. The van der Waals surface area contributed by atoms with Gasteiger partial charge < -0.3 is 15.5 Å². The minimum absolute atomic E-state index is 0. The van der Waals surface area contributed by atoms with Crippen LogP contribution in [0.5, 0.6) is 0 Å². The van der Waals surface area contributed by atoms with Crippen molar-refractivity contribution in [1.82, 2.24) is 15.5 Å². The van der Waals surface area contributed by atoms with Gasteiger partial charge >= 0.3 is 0 Å². The fourth-order valence-corrected chi connectivity index (χ4v) is 4.10. The van der Waals surface area contributed by atoms with Crippen LogP contribution in [0.25, 0.3) is 0 Å². The highest BCUT2D eigenvalue weighted by molar-refractivity contribution is 7.99. The Labute approximate surface area is 183 Å². The predicted octanol–water partition coefficient (Wildman–Crippen LogP) is 3.45. The molecule has 1 aliphatic rings. The molecule has 2 unspecified atom stereocenters. The number of hydrogen-bond acceptors (Lipinski definition) is 4. The van der Waals surface area contributed by atoms with Crippen LogP contribution in [-0.2, 0) is 4.79 Å². The van der Waals surface area contributed by atoms with Crippen LogP contribution in [0.3, 0.4) is 0 Å². The van der Waals surface area contributed by atoms with Gasteiger partial charge in [-0.25, -0.2) is 8.78 Å². The number of carbonyl (C=O) groups excluding carboxylic acids is 1. The maximum absolute atomic E-state index is 13.6. The lowest BCUT2D eigenvalue weighted by molar-refractivity contribution is -0.119. The fourth-order valence-electron chi connectivity index (χ4n) is 3.30. The maximum Gasteiger partial charge on any atom is 0.230 e. The van der Waals surface area contributed by atoms with E-state index in [4.69, 9.17) is 0 Å². The average molecular weight is 458 g/mol. The molecule has 1 fully saturated rings. The largest absolute Gasteiger partial charge is 0.351 e. The molecule has 1 saturated heterocycles. The summed E-state index contributed by atoms with van der Waals surface area (Å²) in [6.07, 6.45) is 0.783. The molecule has 0 aliphatic carbocycles. The van der Waals surface area contributed by atoms with Crippen molar-refractivity contribution in [3.05, 3.63) is 35.4 Å². The van der Waals surface area contributed by atoms with Crippen molar-refractivity contribution in [3.8, 4) is 0 Å². The SMILES string of the molecule is CCN(CC)CCSCC(=O)NC1CNCCC1c1ccc(F)c(F)c1.Cl.Cl. The Kier molecular flexibility index (Phi) is 14.1. The zero-order chi connectivity index (χ0) is 18.9. The lowest BCUT2D eigenvalue weighted by Crippen LogP contribution is -2.50. The number of hydrogen-bond donors (Lipinski definition) is 2. The first-order valence-corrected chi connectivity index (χ1v) is 10.5. The molecule has 0 spiro atoms. The van der Waals surface area contributed by atoms with E-state index in [1.54, 1.807) is 17.8 Å². The van der Waals surface area contributed by atoms with Crippen LogP contribution in [0, 0.1) is 11.6 Å². The molecule has 28 heavy (non-hydrogen) atoms. The van der Waals surface area contributed by atoms with Crippen LogP contribution in [0.1, 0.15) is 31.7 Å². The number of benzene rings is 1. The van der Waals surface area contributed by atoms with Crippen LogP contribution < -0.4 is 10.6 Å². The molecule has 2 N–H and O–H groups in total. The minimum Gasteiger partial charge on any atom is -0.351 e. The van der Waals surface area contributed by atoms with Gasteiger partial charge in [-0.05, 0) is 43.8 Å². The summed E-state index contributed by atoms with van der Waals surface area (Å²) in [6, 6.07) is 3.93. The van der Waals surface area contributed by atoms with Gasteiger partial charge in [0, 0.05) is 30.8 Å². The molecule has 0 saturated carbocycles. The number of nitrogens with one attached hydrogen (secondary N) is 2. The summed E-state index contributed by atoms with van der Waals surface area (Å²) in [5.74, 6) is -0.342. The third-order valence-corrected chi connectivity index (χ3v) is 5.82. The Morgan fingerprint density at radius 2 is 1.96 bits per heavy atom. The number of amides is 1. The quantitative estimate of drug-likeness (QED) is 0.557. The topological polar surface area (TPSA) is 44.4 Å². The van der Waals surface area contributed by atoms with Gasteiger partial charge in [-0.1, -0.05) is 19.9 Å². The molecule has 1 amide bonds. The lowest BCUT2D eigenvalue weighted by Gasteiger charge is -2.33. The molecular formula is C19H31Cl2F2N3OS. The van der Waals surface area contributed by atoms with E-state index < -0.39 is 11.6 Å². The highest BCUT2D eigenvalue weighted by atomic mass is 35.5. The fraction of sp³-hybridized carbons (Fsp3) is 0.632. The normalized spacial score (nSPS) is 18.9. The highest BCUT2D eigenvalue weighted by Crippen LogP contribution is 2.27. The lowest BCUT2D eigenvalue weighted by atomic mass is 9.86. The molecule has 2 rings (SSSR count). The van der Waals surface area contributed by atoms with Crippen molar-refractivity contribution >= 4 is 42.5 Å². The van der Waals surface area contributed by atoms with Gasteiger partial charge in [0.15, 0.2) is 11.6 Å². The van der Waals surface area contributed by atoms with Crippen molar-refractivity contribution in [2.24, 2.45) is 0 Å². The summed E-state index contributed by atoms with van der Waals surface area (Å²) in [7, 11) is 0. The van der Waals surface area contributed by atoms with Crippen molar-refractivity contribution < 1.29 is 13.6 Å². The van der Waals surface area contributed by atoms with Crippen molar-refractivity contribution in [2.75, 3.05) is 44.2 Å². The molecule has 0 aromatic heterocycles. The number of rotatable bonds is 9. The molecule has 0 bridgehead atoms. The Balaban J connectivity index is 0.00000364. The van der Waals surface area contributed by atoms with Gasteiger partial charge in [-0.3, -0.25) is 4.79 Å². The number of carbonyl (C=O) groups is 1. The summed E-state index contributed by atoms with van der Waals surface area (Å²) in [5.41, 5.74) is 0.741. The predicted molar refractivity (Wildman–Crippen MR) is 118 cm³/mol. The zero-order valence-corrected chi connectivity index (χ0v) is 18.8. The van der Waals surface area contributed by atoms with Gasteiger partial charge in [-0.15, -0.1) is 24.8 Å². The van der Waals surface area contributed by atoms with Gasteiger partial charge in [0.2, 0.25) is 5.91 Å². The molecular weight excluding hydrogens is 427 g/mol. The van der Waals surface area contributed by atoms with E-state index in [-0.39, 0.29) is 42.7 Å². The Morgan fingerprint density at radius 1 is 1.25 bits per heavy atom. The summed E-state index contributed by atoms with van der Waals surface area (Å²) in [4.78, 5) is 14.6. The molecule has 1 aliphatic heterocycles. The van der Waals surface area contributed by atoms with Crippen LogP contribution >= 0.6 is 36.6 Å². The summed E-state index contributed by atoms with van der Waals surface area (Å²) in [6.45, 7) is 8.73. The Hall–Kier alpha value is -0.600. The molecule has 162 valence electrons. The second-order valence-electron chi connectivity index (χ2n) is 6.53. The first-order chi connectivity index (χ1) is 12.5. The Bertz CT molecular complexity index is 594. The molecule has 1 aromatic carbocycles. The van der Waals surface area contributed by atoms with Crippen LogP contribution in [0.4, 0.5) is 8.78 Å². The first-order valence-electron chi connectivity index (χ1n) is 9.30. The molecule has 0 radical (unpaired) electrons. The van der Waals surface area contributed by atoms with Gasteiger partial charge in [0.25, 0.3) is 0 Å². The number of piperidine rings is 1. The van der Waals surface area contributed by atoms with Crippen LogP contribution in [0.15, 0.2) is 18.2 Å². The van der Waals surface area contributed by atoms with E-state index in [1.165, 1.54) is 6.07 Å². The molecule has 9 heteroatoms. The summed E-state index contributed by atoms with van der Waals surface area (Å²) in [5, 5.41) is 6.33. The van der Waals surface area contributed by atoms with Crippen LogP contribution in [0.2, 0.25) is 0 Å². The molecule has 4 nitrogen and oxygen atoms in total. The summed E-state index contributed by atoms with van der Waals surface area (Å²) < 4.78 is 26.8. The third-order valence-electron chi connectivity index (χ3n) is 4.88. The number of nitrogens with zero attached hydrogens (tertiary/aromatic N) is 1. The van der Waals surface area contributed by atoms with E-state index in [2.05, 4.69) is 29.4 Å². The monoisotopic (exact) mass is 457 g/mol.